The Labute approximate surface area is 98.8 Å². The fraction of sp³-hybridized carbons (Fsp3) is 0.846. The normalized spacial score (nSPS) is 29.6. The smallest absolute Gasteiger partial charge is 0.0707 e. The number of nitrogens with one attached hydrogen (secondary N) is 1. The van der Waals surface area contributed by atoms with Crippen molar-refractivity contribution in [3.63, 3.8) is 0 Å². The second-order valence-electron chi connectivity index (χ2n) is 5.08. The average Bonchev–Trinajstić information content (AvgIpc) is 2.58. The number of hydrogen-bond acceptors (Lipinski definition) is 3. The highest BCUT2D eigenvalue weighted by atomic mass is 16.5. The molecule has 3 heteroatoms. The van der Waals surface area contributed by atoms with Crippen LogP contribution in [0.1, 0.15) is 26.2 Å². The number of fused-ring (bicyclic) bond motifs is 2. The van der Waals surface area contributed by atoms with Crippen molar-refractivity contribution in [3.05, 3.63) is 12.2 Å². The summed E-state index contributed by atoms with van der Waals surface area (Å²) in [6, 6.07) is 0. The molecular weight excluding hydrogens is 200 g/mol. The molecule has 2 saturated heterocycles. The van der Waals surface area contributed by atoms with Crippen LogP contribution in [0.15, 0.2) is 12.2 Å². The number of morpholine rings is 1. The molecule has 0 aromatic rings. The molecule has 2 aliphatic rings. The molecule has 0 amide bonds. The first-order valence-corrected chi connectivity index (χ1v) is 6.53. The van der Waals surface area contributed by atoms with Gasteiger partial charge in [0.15, 0.2) is 0 Å². The van der Waals surface area contributed by atoms with E-state index in [1.807, 2.05) is 0 Å². The van der Waals surface area contributed by atoms with Crippen molar-refractivity contribution < 1.29 is 4.74 Å². The van der Waals surface area contributed by atoms with Gasteiger partial charge in [0, 0.05) is 26.2 Å². The standard InChI is InChI=1S/C13H24N2O/c1-3-6-14-7-11(2)8-15-9-12-4-5-13(10-15)16-12/h12-14H,2-10H2,1H3. The molecule has 0 aromatic heterocycles. The maximum atomic E-state index is 5.82. The molecular formula is C13H24N2O. The lowest BCUT2D eigenvalue weighted by Gasteiger charge is -2.32. The lowest BCUT2D eigenvalue weighted by molar-refractivity contribution is -0.0352. The monoisotopic (exact) mass is 224 g/mol. The molecule has 0 aliphatic carbocycles. The Balaban J connectivity index is 1.67. The molecule has 2 atom stereocenters. The SMILES string of the molecule is C=C(CNCCC)CN1CC2CCC(C1)O2. The molecule has 2 heterocycles. The van der Waals surface area contributed by atoms with Crippen LogP contribution in [0, 0.1) is 0 Å². The fourth-order valence-electron chi connectivity index (χ4n) is 2.64. The highest BCUT2D eigenvalue weighted by molar-refractivity contribution is 5.01. The van der Waals surface area contributed by atoms with Crippen LogP contribution in [-0.2, 0) is 4.74 Å². The molecule has 0 aromatic carbocycles. The van der Waals surface area contributed by atoms with Crippen molar-refractivity contribution in [2.45, 2.75) is 38.4 Å². The summed E-state index contributed by atoms with van der Waals surface area (Å²) < 4.78 is 5.82. The molecule has 2 fully saturated rings. The van der Waals surface area contributed by atoms with Gasteiger partial charge < -0.3 is 10.1 Å². The molecule has 2 bridgehead atoms. The van der Waals surface area contributed by atoms with E-state index >= 15 is 0 Å². The van der Waals surface area contributed by atoms with Gasteiger partial charge in [-0.15, -0.1) is 0 Å². The van der Waals surface area contributed by atoms with Crippen molar-refractivity contribution in [1.82, 2.24) is 10.2 Å². The van der Waals surface area contributed by atoms with E-state index in [9.17, 15) is 0 Å². The number of rotatable bonds is 6. The van der Waals surface area contributed by atoms with E-state index in [-0.39, 0.29) is 0 Å². The van der Waals surface area contributed by atoms with E-state index in [0.29, 0.717) is 12.2 Å². The van der Waals surface area contributed by atoms with Gasteiger partial charge in [-0.3, -0.25) is 4.90 Å². The van der Waals surface area contributed by atoms with Crippen molar-refractivity contribution in [2.24, 2.45) is 0 Å². The van der Waals surface area contributed by atoms with Gasteiger partial charge in [0.05, 0.1) is 12.2 Å². The van der Waals surface area contributed by atoms with E-state index in [4.69, 9.17) is 4.74 Å². The van der Waals surface area contributed by atoms with Crippen molar-refractivity contribution in [2.75, 3.05) is 32.7 Å². The molecule has 92 valence electrons. The van der Waals surface area contributed by atoms with Crippen LogP contribution < -0.4 is 5.32 Å². The van der Waals surface area contributed by atoms with Crippen molar-refractivity contribution in [3.8, 4) is 0 Å². The summed E-state index contributed by atoms with van der Waals surface area (Å²) >= 11 is 0. The molecule has 16 heavy (non-hydrogen) atoms. The van der Waals surface area contributed by atoms with Crippen LogP contribution in [0.5, 0.6) is 0 Å². The first-order valence-electron chi connectivity index (χ1n) is 6.53. The molecule has 1 N–H and O–H groups in total. The van der Waals surface area contributed by atoms with Gasteiger partial charge in [-0.1, -0.05) is 13.5 Å². The van der Waals surface area contributed by atoms with Gasteiger partial charge in [-0.2, -0.15) is 0 Å². The summed E-state index contributed by atoms with van der Waals surface area (Å²) in [6.45, 7) is 11.6. The van der Waals surface area contributed by atoms with E-state index in [0.717, 1.165) is 32.7 Å². The number of hydrogen-bond donors (Lipinski definition) is 1. The maximum absolute atomic E-state index is 5.82. The minimum absolute atomic E-state index is 0.496. The van der Waals surface area contributed by atoms with E-state index < -0.39 is 0 Å². The zero-order valence-electron chi connectivity index (χ0n) is 10.4. The summed E-state index contributed by atoms with van der Waals surface area (Å²) in [7, 11) is 0. The second kappa shape index (κ2) is 5.80. The Morgan fingerprint density at radius 1 is 1.38 bits per heavy atom. The van der Waals surface area contributed by atoms with Gasteiger partial charge in [0.2, 0.25) is 0 Å². The lowest BCUT2D eigenvalue weighted by Crippen LogP contribution is -2.43. The quantitative estimate of drug-likeness (QED) is 0.545. The predicted molar refractivity (Wildman–Crippen MR) is 66.6 cm³/mol. The Morgan fingerprint density at radius 2 is 2.06 bits per heavy atom. The molecule has 0 spiro atoms. The number of likely N-dealkylation sites (tertiary alicyclic amines) is 1. The predicted octanol–water partition coefficient (Wildman–Crippen LogP) is 1.41. The average molecular weight is 224 g/mol. The Kier molecular flexibility index (Phi) is 4.38. The second-order valence-corrected chi connectivity index (χ2v) is 5.08. The molecule has 2 aliphatic heterocycles. The summed E-state index contributed by atoms with van der Waals surface area (Å²) in [6.07, 6.45) is 4.68. The van der Waals surface area contributed by atoms with E-state index in [2.05, 4.69) is 23.7 Å². The third kappa shape index (κ3) is 3.30. The third-order valence-electron chi connectivity index (χ3n) is 3.37. The van der Waals surface area contributed by atoms with Crippen molar-refractivity contribution in [1.29, 1.82) is 0 Å². The summed E-state index contributed by atoms with van der Waals surface area (Å²) in [4.78, 5) is 2.50. The largest absolute Gasteiger partial charge is 0.372 e. The van der Waals surface area contributed by atoms with E-state index in [1.54, 1.807) is 0 Å². The zero-order valence-corrected chi connectivity index (χ0v) is 10.4. The highest BCUT2D eigenvalue weighted by Gasteiger charge is 2.33. The van der Waals surface area contributed by atoms with Crippen LogP contribution >= 0.6 is 0 Å². The Morgan fingerprint density at radius 3 is 2.69 bits per heavy atom. The Hall–Kier alpha value is -0.380. The summed E-state index contributed by atoms with van der Waals surface area (Å²) in [5, 5.41) is 3.41. The lowest BCUT2D eigenvalue weighted by atomic mass is 10.2. The first-order chi connectivity index (χ1) is 7.78. The zero-order chi connectivity index (χ0) is 11.4. The van der Waals surface area contributed by atoms with Crippen LogP contribution in [0.4, 0.5) is 0 Å². The van der Waals surface area contributed by atoms with Gasteiger partial charge >= 0.3 is 0 Å². The van der Waals surface area contributed by atoms with Crippen LogP contribution in [-0.4, -0.2) is 49.8 Å². The minimum Gasteiger partial charge on any atom is -0.372 e. The Bertz CT molecular complexity index is 230. The molecule has 2 unspecified atom stereocenters. The molecule has 0 radical (unpaired) electrons. The summed E-state index contributed by atoms with van der Waals surface area (Å²) in [5.41, 5.74) is 1.30. The fourth-order valence-corrected chi connectivity index (χ4v) is 2.64. The van der Waals surface area contributed by atoms with Gasteiger partial charge in [0.25, 0.3) is 0 Å². The minimum atomic E-state index is 0.496. The molecule has 2 rings (SSSR count). The molecule has 3 nitrogen and oxygen atoms in total. The van der Waals surface area contributed by atoms with Gasteiger partial charge in [-0.25, -0.2) is 0 Å². The van der Waals surface area contributed by atoms with E-state index in [1.165, 1.54) is 24.8 Å². The highest BCUT2D eigenvalue weighted by Crippen LogP contribution is 2.26. The number of ether oxygens (including phenoxy) is 1. The maximum Gasteiger partial charge on any atom is 0.0707 e. The number of nitrogens with zero attached hydrogens (tertiary/aromatic N) is 1. The van der Waals surface area contributed by atoms with Gasteiger partial charge in [-0.05, 0) is 31.4 Å². The van der Waals surface area contributed by atoms with Crippen LogP contribution in [0.3, 0.4) is 0 Å². The first kappa shape index (κ1) is 12.1. The third-order valence-corrected chi connectivity index (χ3v) is 3.37. The van der Waals surface area contributed by atoms with Crippen LogP contribution in [0.2, 0.25) is 0 Å². The van der Waals surface area contributed by atoms with Crippen LogP contribution in [0.25, 0.3) is 0 Å². The summed E-state index contributed by atoms with van der Waals surface area (Å²) in [5.74, 6) is 0. The van der Waals surface area contributed by atoms with Gasteiger partial charge in [0.1, 0.15) is 0 Å². The van der Waals surface area contributed by atoms with Crippen molar-refractivity contribution >= 4 is 0 Å². The topological polar surface area (TPSA) is 24.5 Å². The molecule has 0 saturated carbocycles.